The van der Waals surface area contributed by atoms with Crippen LogP contribution >= 0.6 is 0 Å². The molecule has 92 valence electrons. The predicted molar refractivity (Wildman–Crippen MR) is 62.6 cm³/mol. The zero-order valence-electron chi connectivity index (χ0n) is 10.5. The van der Waals surface area contributed by atoms with Crippen LogP contribution in [0.2, 0.25) is 0 Å². The van der Waals surface area contributed by atoms with Crippen molar-refractivity contribution in [2.45, 2.75) is 52.5 Å². The van der Waals surface area contributed by atoms with Crippen molar-refractivity contribution in [3.63, 3.8) is 0 Å². The molecule has 1 aliphatic rings. The molecule has 16 heavy (non-hydrogen) atoms. The van der Waals surface area contributed by atoms with E-state index in [0.29, 0.717) is 19.4 Å². The fraction of sp³-hybridized carbons (Fsp3) is 0.833. The summed E-state index contributed by atoms with van der Waals surface area (Å²) >= 11 is 0. The first-order chi connectivity index (χ1) is 7.46. The highest BCUT2D eigenvalue weighted by molar-refractivity contribution is 6.05. The zero-order chi connectivity index (χ0) is 12.3. The molecule has 2 amide bonds. The third-order valence-corrected chi connectivity index (χ3v) is 3.65. The molecule has 1 unspecified atom stereocenters. The summed E-state index contributed by atoms with van der Waals surface area (Å²) in [6, 6.07) is 0.0267. The number of hydrogen-bond acceptors (Lipinski definition) is 3. The van der Waals surface area contributed by atoms with Crippen molar-refractivity contribution < 1.29 is 9.59 Å². The maximum absolute atomic E-state index is 12.2. The van der Waals surface area contributed by atoms with Gasteiger partial charge in [-0.15, -0.1) is 0 Å². The molecule has 0 aromatic rings. The molecule has 1 aliphatic heterocycles. The van der Waals surface area contributed by atoms with E-state index in [1.165, 1.54) is 4.90 Å². The molecule has 1 rings (SSSR count). The van der Waals surface area contributed by atoms with Gasteiger partial charge < -0.3 is 5.73 Å². The van der Waals surface area contributed by atoms with Gasteiger partial charge in [-0.1, -0.05) is 13.8 Å². The molecule has 0 radical (unpaired) electrons. The van der Waals surface area contributed by atoms with E-state index in [-0.39, 0.29) is 17.9 Å². The normalized spacial score (nSPS) is 21.6. The van der Waals surface area contributed by atoms with Crippen LogP contribution in [0.1, 0.15) is 46.5 Å². The minimum Gasteiger partial charge on any atom is -0.328 e. The Hall–Kier alpha value is -0.900. The van der Waals surface area contributed by atoms with Crippen molar-refractivity contribution >= 4 is 11.8 Å². The Labute approximate surface area is 97.2 Å². The summed E-state index contributed by atoms with van der Waals surface area (Å²) in [7, 11) is 0. The monoisotopic (exact) mass is 226 g/mol. The molecule has 0 aromatic heterocycles. The summed E-state index contributed by atoms with van der Waals surface area (Å²) in [6.45, 7) is 6.31. The van der Waals surface area contributed by atoms with Gasteiger partial charge in [0.05, 0.1) is 5.41 Å². The van der Waals surface area contributed by atoms with Gasteiger partial charge in [0.2, 0.25) is 11.8 Å². The molecule has 4 heteroatoms. The maximum Gasteiger partial charge on any atom is 0.235 e. The lowest BCUT2D eigenvalue weighted by Crippen LogP contribution is -2.37. The average molecular weight is 226 g/mol. The second kappa shape index (κ2) is 4.95. The lowest BCUT2D eigenvalue weighted by atomic mass is 9.81. The van der Waals surface area contributed by atoms with E-state index in [0.717, 1.165) is 12.8 Å². The molecular weight excluding hydrogens is 204 g/mol. The van der Waals surface area contributed by atoms with Gasteiger partial charge in [0.25, 0.3) is 0 Å². The number of nitrogens with zero attached hydrogens (tertiary/aromatic N) is 1. The SMILES string of the molecule is CCC1(CC)CC(=O)N(CCC(C)N)C1=O. The van der Waals surface area contributed by atoms with Crippen molar-refractivity contribution in [2.75, 3.05) is 6.54 Å². The minimum atomic E-state index is -0.436. The summed E-state index contributed by atoms with van der Waals surface area (Å²) in [5, 5.41) is 0. The molecule has 4 nitrogen and oxygen atoms in total. The molecule has 1 saturated heterocycles. The summed E-state index contributed by atoms with van der Waals surface area (Å²) in [6.07, 6.45) is 2.53. The standard InChI is InChI=1S/C12H22N2O2/c1-4-12(5-2)8-10(15)14(11(12)16)7-6-9(3)13/h9H,4-8,13H2,1-3H3. The van der Waals surface area contributed by atoms with Crippen LogP contribution in [0.15, 0.2) is 0 Å². The summed E-state index contributed by atoms with van der Waals surface area (Å²) < 4.78 is 0. The minimum absolute atomic E-state index is 0.00292. The van der Waals surface area contributed by atoms with Crippen LogP contribution in [0.4, 0.5) is 0 Å². The predicted octanol–water partition coefficient (Wildman–Crippen LogP) is 1.29. The van der Waals surface area contributed by atoms with E-state index in [2.05, 4.69) is 0 Å². The van der Waals surface area contributed by atoms with Gasteiger partial charge in [0, 0.05) is 19.0 Å². The van der Waals surface area contributed by atoms with E-state index < -0.39 is 5.41 Å². The Bertz CT molecular complexity index is 283. The third-order valence-electron chi connectivity index (χ3n) is 3.65. The molecule has 0 bridgehead atoms. The zero-order valence-corrected chi connectivity index (χ0v) is 10.5. The smallest absolute Gasteiger partial charge is 0.235 e. The molecule has 1 heterocycles. The lowest BCUT2D eigenvalue weighted by Gasteiger charge is -2.23. The number of hydrogen-bond donors (Lipinski definition) is 1. The van der Waals surface area contributed by atoms with Crippen molar-refractivity contribution in [1.82, 2.24) is 4.90 Å². The fourth-order valence-electron chi connectivity index (χ4n) is 2.22. The van der Waals surface area contributed by atoms with E-state index >= 15 is 0 Å². The number of rotatable bonds is 5. The van der Waals surface area contributed by atoms with Crippen molar-refractivity contribution in [3.8, 4) is 0 Å². The first-order valence-electron chi connectivity index (χ1n) is 6.07. The Morgan fingerprint density at radius 3 is 2.31 bits per heavy atom. The largest absolute Gasteiger partial charge is 0.328 e. The summed E-state index contributed by atoms with van der Waals surface area (Å²) in [5.41, 5.74) is 5.21. The van der Waals surface area contributed by atoms with Crippen LogP contribution in [0, 0.1) is 5.41 Å². The van der Waals surface area contributed by atoms with Gasteiger partial charge >= 0.3 is 0 Å². The first kappa shape index (κ1) is 13.2. The molecule has 0 saturated carbocycles. The maximum atomic E-state index is 12.2. The van der Waals surface area contributed by atoms with Crippen LogP contribution in [-0.4, -0.2) is 29.3 Å². The van der Waals surface area contributed by atoms with Crippen molar-refractivity contribution in [3.05, 3.63) is 0 Å². The Kier molecular flexibility index (Phi) is 4.08. The summed E-state index contributed by atoms with van der Waals surface area (Å²) in [5.74, 6) is -0.0301. The quantitative estimate of drug-likeness (QED) is 0.718. The van der Waals surface area contributed by atoms with Crippen LogP contribution in [-0.2, 0) is 9.59 Å². The van der Waals surface area contributed by atoms with E-state index in [1.54, 1.807) is 0 Å². The molecule has 0 aliphatic carbocycles. The van der Waals surface area contributed by atoms with Crippen molar-refractivity contribution in [2.24, 2.45) is 11.1 Å². The van der Waals surface area contributed by atoms with Gasteiger partial charge in [-0.3, -0.25) is 14.5 Å². The van der Waals surface area contributed by atoms with Crippen LogP contribution in [0.5, 0.6) is 0 Å². The molecule has 0 aromatic carbocycles. The fourth-order valence-corrected chi connectivity index (χ4v) is 2.22. The molecule has 0 spiro atoms. The van der Waals surface area contributed by atoms with Gasteiger partial charge in [-0.2, -0.15) is 0 Å². The Morgan fingerprint density at radius 2 is 1.94 bits per heavy atom. The average Bonchev–Trinajstić information content (AvgIpc) is 2.48. The molecule has 1 atom stereocenters. The second-order valence-electron chi connectivity index (χ2n) is 4.78. The summed E-state index contributed by atoms with van der Waals surface area (Å²) in [4.78, 5) is 25.4. The molecule has 2 N–H and O–H groups in total. The van der Waals surface area contributed by atoms with Gasteiger partial charge in [-0.05, 0) is 26.2 Å². The third kappa shape index (κ3) is 2.26. The Morgan fingerprint density at radius 1 is 1.38 bits per heavy atom. The number of likely N-dealkylation sites (tertiary alicyclic amines) is 1. The first-order valence-corrected chi connectivity index (χ1v) is 6.07. The van der Waals surface area contributed by atoms with Gasteiger partial charge in [-0.25, -0.2) is 0 Å². The molecular formula is C12H22N2O2. The number of carbonyl (C=O) groups excluding carboxylic acids is 2. The van der Waals surface area contributed by atoms with E-state index in [9.17, 15) is 9.59 Å². The number of imide groups is 1. The highest BCUT2D eigenvalue weighted by atomic mass is 16.2. The van der Waals surface area contributed by atoms with E-state index in [1.807, 2.05) is 20.8 Å². The van der Waals surface area contributed by atoms with Crippen molar-refractivity contribution in [1.29, 1.82) is 0 Å². The topological polar surface area (TPSA) is 63.4 Å². The Balaban J connectivity index is 2.74. The highest BCUT2D eigenvalue weighted by Gasteiger charge is 2.48. The van der Waals surface area contributed by atoms with Gasteiger partial charge in [0.1, 0.15) is 0 Å². The lowest BCUT2D eigenvalue weighted by molar-refractivity contribution is -0.141. The van der Waals surface area contributed by atoms with Gasteiger partial charge in [0.15, 0.2) is 0 Å². The number of amides is 2. The second-order valence-corrected chi connectivity index (χ2v) is 4.78. The highest BCUT2D eigenvalue weighted by Crippen LogP contribution is 2.39. The van der Waals surface area contributed by atoms with Crippen LogP contribution < -0.4 is 5.73 Å². The number of carbonyl (C=O) groups is 2. The number of nitrogens with two attached hydrogens (primary N) is 1. The van der Waals surface area contributed by atoms with Crippen LogP contribution in [0.3, 0.4) is 0 Å². The molecule has 1 fully saturated rings. The van der Waals surface area contributed by atoms with E-state index in [4.69, 9.17) is 5.73 Å². The van der Waals surface area contributed by atoms with Crippen LogP contribution in [0.25, 0.3) is 0 Å².